The summed E-state index contributed by atoms with van der Waals surface area (Å²) >= 11 is 0. The molecule has 0 aliphatic heterocycles. The van der Waals surface area contributed by atoms with Gasteiger partial charge in [0, 0.05) is 30.2 Å². The van der Waals surface area contributed by atoms with Crippen LogP contribution in [-0.2, 0) is 16.3 Å². The standard InChI is InChI=1S/C18H14F3NO3S/c1-10-17-14(9-18(10,20)21)15(4-5-16(17)26(3,23)24)25-13-7-11(19)6-12(8-13)22-2/h4-8,10H,9H2,1,3H3/t10-/m0/s1/i2-1. The fourth-order valence-corrected chi connectivity index (χ4v) is 4.11. The third-order valence-electron chi connectivity index (χ3n) is 4.37. The van der Waals surface area contributed by atoms with Crippen molar-refractivity contribution in [2.45, 2.75) is 30.1 Å². The van der Waals surface area contributed by atoms with E-state index in [-0.39, 0.29) is 33.2 Å². The summed E-state index contributed by atoms with van der Waals surface area (Å²) in [5.74, 6) is -5.11. The summed E-state index contributed by atoms with van der Waals surface area (Å²) in [6.07, 6.45) is 0.286. The molecule has 0 N–H and O–H groups in total. The summed E-state index contributed by atoms with van der Waals surface area (Å²) in [6.45, 7) is 8.22. The highest BCUT2D eigenvalue weighted by molar-refractivity contribution is 7.90. The first-order chi connectivity index (χ1) is 12.0. The number of sulfone groups is 1. The number of fused-ring (bicyclic) bond motifs is 1. The second-order valence-corrected chi connectivity index (χ2v) is 8.23. The SMILES string of the molecule is C[C@H]1c2c(S(C)(=O)=O)ccc(Oc3cc(F)cc([N+]#[11C-])c3)c2CC1(F)F. The van der Waals surface area contributed by atoms with E-state index >= 15 is 0 Å². The molecule has 0 amide bonds. The van der Waals surface area contributed by atoms with Crippen LogP contribution in [0.3, 0.4) is 0 Å². The monoisotopic (exact) mass is 380 g/mol. The fraction of sp³-hybridized carbons (Fsp3) is 0.278. The Morgan fingerprint density at radius 1 is 1.27 bits per heavy atom. The number of benzene rings is 2. The van der Waals surface area contributed by atoms with E-state index in [0.717, 1.165) is 18.4 Å². The van der Waals surface area contributed by atoms with Crippen molar-refractivity contribution in [2.75, 3.05) is 6.26 Å². The molecule has 0 heterocycles. The third kappa shape index (κ3) is 3.15. The van der Waals surface area contributed by atoms with Crippen molar-refractivity contribution in [2.24, 2.45) is 0 Å². The zero-order valence-corrected chi connectivity index (χ0v) is 14.7. The molecule has 0 saturated heterocycles. The third-order valence-corrected chi connectivity index (χ3v) is 5.52. The van der Waals surface area contributed by atoms with Gasteiger partial charge in [0.2, 0.25) is 0 Å². The van der Waals surface area contributed by atoms with Gasteiger partial charge < -0.3 is 4.74 Å². The Bertz CT molecular complexity index is 1040. The average molecular weight is 380 g/mol. The van der Waals surface area contributed by atoms with Gasteiger partial charge in [-0.15, -0.1) is 0 Å². The summed E-state index contributed by atoms with van der Waals surface area (Å²) in [4.78, 5) is 2.96. The van der Waals surface area contributed by atoms with Crippen LogP contribution in [0.15, 0.2) is 35.2 Å². The number of ether oxygens (including phenoxy) is 1. The number of nitrogens with zero attached hydrogens (tertiary/aromatic N) is 1. The number of alkyl halides is 2. The Labute approximate surface area is 149 Å². The molecule has 0 unspecified atom stereocenters. The molecule has 0 saturated carbocycles. The predicted octanol–water partition coefficient (Wildman–Crippen LogP) is 4.87. The van der Waals surface area contributed by atoms with Crippen LogP contribution in [0.1, 0.15) is 24.0 Å². The van der Waals surface area contributed by atoms with Gasteiger partial charge in [-0.05, 0) is 29.8 Å². The van der Waals surface area contributed by atoms with Crippen molar-refractivity contribution in [3.63, 3.8) is 0 Å². The van der Waals surface area contributed by atoms with Gasteiger partial charge in [0.15, 0.2) is 15.5 Å². The van der Waals surface area contributed by atoms with E-state index in [2.05, 4.69) is 4.85 Å². The second kappa shape index (κ2) is 6.02. The van der Waals surface area contributed by atoms with Crippen LogP contribution in [0.5, 0.6) is 11.5 Å². The molecule has 3 rings (SSSR count). The van der Waals surface area contributed by atoms with E-state index in [1.165, 1.54) is 25.1 Å². The molecular weight excluding hydrogens is 366 g/mol. The maximum absolute atomic E-state index is 14.3. The molecule has 136 valence electrons. The molecule has 0 bridgehead atoms. The van der Waals surface area contributed by atoms with Gasteiger partial charge in [0.05, 0.1) is 11.5 Å². The second-order valence-electron chi connectivity index (χ2n) is 6.24. The van der Waals surface area contributed by atoms with Gasteiger partial charge in [0.1, 0.15) is 17.3 Å². The molecule has 0 radical (unpaired) electrons. The van der Waals surface area contributed by atoms with Crippen LogP contribution in [0.2, 0.25) is 0 Å². The van der Waals surface area contributed by atoms with Crippen molar-refractivity contribution >= 4 is 15.5 Å². The van der Waals surface area contributed by atoms with Gasteiger partial charge in [-0.2, -0.15) is 0 Å². The Morgan fingerprint density at radius 2 is 1.96 bits per heavy atom. The summed E-state index contributed by atoms with van der Waals surface area (Å²) in [6, 6.07) is 5.83. The molecule has 1 aliphatic carbocycles. The lowest BCUT2D eigenvalue weighted by Gasteiger charge is -2.16. The molecular formula is C18H14F3NO3S. The highest BCUT2D eigenvalue weighted by atomic mass is 32.2. The normalized spacial score (nSPS) is 18.2. The van der Waals surface area contributed by atoms with Crippen LogP contribution in [0.4, 0.5) is 18.9 Å². The average Bonchev–Trinajstić information content (AvgIpc) is 2.77. The van der Waals surface area contributed by atoms with E-state index < -0.39 is 33.9 Å². The number of rotatable bonds is 3. The fourth-order valence-electron chi connectivity index (χ4n) is 3.10. The van der Waals surface area contributed by atoms with E-state index in [9.17, 15) is 21.6 Å². The summed E-state index contributed by atoms with van der Waals surface area (Å²) in [7, 11) is -3.71. The van der Waals surface area contributed by atoms with Crippen molar-refractivity contribution < 1.29 is 26.3 Å². The molecule has 1 atom stereocenters. The first-order valence-corrected chi connectivity index (χ1v) is 9.51. The Balaban J connectivity index is 2.15. The molecule has 4 nitrogen and oxygen atoms in total. The Hall–Kier alpha value is -2.53. The largest absolute Gasteiger partial charge is 0.458 e. The van der Waals surface area contributed by atoms with Gasteiger partial charge in [-0.1, -0.05) is 6.92 Å². The quantitative estimate of drug-likeness (QED) is 0.714. The summed E-state index contributed by atoms with van der Waals surface area (Å²) in [5.41, 5.74) is 0.110. The van der Waals surface area contributed by atoms with E-state index in [4.69, 9.17) is 11.3 Å². The minimum Gasteiger partial charge on any atom is -0.458 e. The molecule has 1 aliphatic rings. The smallest absolute Gasteiger partial charge is 0.258 e. The number of hydrogen-bond donors (Lipinski definition) is 0. The highest BCUT2D eigenvalue weighted by Crippen LogP contribution is 2.50. The van der Waals surface area contributed by atoms with Gasteiger partial charge >= 0.3 is 0 Å². The van der Waals surface area contributed by atoms with E-state index in [1.54, 1.807) is 0 Å². The lowest BCUT2D eigenvalue weighted by Crippen LogP contribution is -2.20. The maximum Gasteiger partial charge on any atom is 0.258 e. The van der Waals surface area contributed by atoms with Crippen molar-refractivity contribution in [3.8, 4) is 11.5 Å². The van der Waals surface area contributed by atoms with E-state index in [1.807, 2.05) is 0 Å². The first kappa shape index (κ1) is 18.3. The van der Waals surface area contributed by atoms with Crippen molar-refractivity contribution in [3.05, 3.63) is 58.7 Å². The van der Waals surface area contributed by atoms with Crippen LogP contribution in [-0.4, -0.2) is 20.6 Å². The molecule has 0 aromatic heterocycles. The van der Waals surface area contributed by atoms with Gasteiger partial charge in [0.25, 0.3) is 5.92 Å². The molecule has 2 aromatic carbocycles. The van der Waals surface area contributed by atoms with E-state index in [0.29, 0.717) is 0 Å². The maximum atomic E-state index is 14.3. The Morgan fingerprint density at radius 3 is 2.58 bits per heavy atom. The van der Waals surface area contributed by atoms with Crippen molar-refractivity contribution in [1.82, 2.24) is 0 Å². The van der Waals surface area contributed by atoms with Crippen LogP contribution in [0, 0.1) is 12.4 Å². The predicted molar refractivity (Wildman–Crippen MR) is 89.4 cm³/mol. The van der Waals surface area contributed by atoms with Crippen LogP contribution in [0.25, 0.3) is 4.85 Å². The minimum atomic E-state index is -3.71. The van der Waals surface area contributed by atoms with Crippen molar-refractivity contribution in [1.29, 1.82) is 0 Å². The van der Waals surface area contributed by atoms with Crippen LogP contribution >= 0.6 is 0 Å². The summed E-state index contributed by atoms with van der Waals surface area (Å²) < 4.78 is 71.6. The zero-order valence-electron chi connectivity index (χ0n) is 13.9. The highest BCUT2D eigenvalue weighted by Gasteiger charge is 2.48. The number of halogens is 3. The van der Waals surface area contributed by atoms with Crippen LogP contribution < -0.4 is 4.74 Å². The minimum absolute atomic E-state index is 0.00287. The molecule has 2 aromatic rings. The van der Waals surface area contributed by atoms with Gasteiger partial charge in [-0.3, -0.25) is 0 Å². The lowest BCUT2D eigenvalue weighted by atomic mass is 10.0. The van der Waals surface area contributed by atoms with Gasteiger partial charge in [-0.25, -0.2) is 26.4 Å². The number of hydrogen-bond acceptors (Lipinski definition) is 3. The summed E-state index contributed by atoms with van der Waals surface area (Å²) in [5, 5.41) is 0. The molecule has 0 spiro atoms. The first-order valence-electron chi connectivity index (χ1n) is 7.62. The molecule has 8 heteroatoms. The topological polar surface area (TPSA) is 47.7 Å². The molecule has 26 heavy (non-hydrogen) atoms. The Kier molecular flexibility index (Phi) is 4.23. The zero-order chi connectivity index (χ0) is 19.3. The molecule has 0 fully saturated rings. The lowest BCUT2D eigenvalue weighted by molar-refractivity contribution is -0.0104.